The van der Waals surface area contributed by atoms with Gasteiger partial charge in [-0.25, -0.2) is 13.1 Å². The summed E-state index contributed by atoms with van der Waals surface area (Å²) in [4.78, 5) is 0. The molecule has 2 atom stereocenters. The zero-order valence-electron chi connectivity index (χ0n) is 9.83. The van der Waals surface area contributed by atoms with Crippen molar-refractivity contribution in [2.75, 3.05) is 6.54 Å². The van der Waals surface area contributed by atoms with Gasteiger partial charge in [0.1, 0.15) is 0 Å². The standard InChI is InChI=1S/C10H18N4O2S/c1-14-10(5-6-12-14)17(15,16)13-9-4-2-3-8(9)7-11/h5-6,8-9,13H,2-4,7,11H2,1H3. The number of aryl methyl sites for hydroxylation is 1. The normalized spacial score (nSPS) is 25.3. The number of rotatable bonds is 4. The number of nitrogens with zero attached hydrogens (tertiary/aromatic N) is 2. The molecular weight excluding hydrogens is 240 g/mol. The molecule has 1 saturated carbocycles. The van der Waals surface area contributed by atoms with Crippen LogP contribution >= 0.6 is 0 Å². The van der Waals surface area contributed by atoms with E-state index in [-0.39, 0.29) is 17.0 Å². The van der Waals surface area contributed by atoms with Gasteiger partial charge in [-0.1, -0.05) is 6.42 Å². The van der Waals surface area contributed by atoms with E-state index in [9.17, 15) is 8.42 Å². The fourth-order valence-electron chi connectivity index (χ4n) is 2.36. The van der Waals surface area contributed by atoms with E-state index in [4.69, 9.17) is 5.73 Å². The first-order valence-electron chi connectivity index (χ1n) is 5.75. The minimum Gasteiger partial charge on any atom is -0.330 e. The van der Waals surface area contributed by atoms with E-state index in [2.05, 4.69) is 9.82 Å². The van der Waals surface area contributed by atoms with E-state index < -0.39 is 10.0 Å². The second-order valence-corrected chi connectivity index (χ2v) is 6.11. The Hall–Kier alpha value is -0.920. The van der Waals surface area contributed by atoms with Crippen LogP contribution in [0.3, 0.4) is 0 Å². The summed E-state index contributed by atoms with van der Waals surface area (Å²) >= 11 is 0. The average molecular weight is 258 g/mol. The van der Waals surface area contributed by atoms with Crippen molar-refractivity contribution in [2.24, 2.45) is 18.7 Å². The van der Waals surface area contributed by atoms with Crippen LogP contribution in [-0.4, -0.2) is 30.8 Å². The number of sulfonamides is 1. The number of aromatic nitrogens is 2. The maximum absolute atomic E-state index is 12.1. The van der Waals surface area contributed by atoms with E-state index >= 15 is 0 Å². The lowest BCUT2D eigenvalue weighted by Crippen LogP contribution is -2.40. The van der Waals surface area contributed by atoms with E-state index in [0.29, 0.717) is 6.54 Å². The largest absolute Gasteiger partial charge is 0.330 e. The Morgan fingerprint density at radius 1 is 1.59 bits per heavy atom. The van der Waals surface area contributed by atoms with Crippen molar-refractivity contribution >= 4 is 10.0 Å². The lowest BCUT2D eigenvalue weighted by Gasteiger charge is -2.19. The highest BCUT2D eigenvalue weighted by Gasteiger charge is 2.31. The van der Waals surface area contributed by atoms with Gasteiger partial charge in [0.15, 0.2) is 5.03 Å². The SMILES string of the molecule is Cn1nccc1S(=O)(=O)NC1CCCC1CN. The molecule has 0 amide bonds. The topological polar surface area (TPSA) is 90.0 Å². The lowest BCUT2D eigenvalue weighted by molar-refractivity contribution is 0.450. The van der Waals surface area contributed by atoms with Crippen LogP contribution in [0.4, 0.5) is 0 Å². The molecule has 17 heavy (non-hydrogen) atoms. The van der Waals surface area contributed by atoms with Gasteiger partial charge in [0.25, 0.3) is 10.0 Å². The molecular formula is C10H18N4O2S. The van der Waals surface area contributed by atoms with Gasteiger partial charge in [-0.3, -0.25) is 4.68 Å². The molecule has 2 rings (SSSR count). The van der Waals surface area contributed by atoms with Crippen LogP contribution in [0.1, 0.15) is 19.3 Å². The van der Waals surface area contributed by atoms with E-state index in [0.717, 1.165) is 19.3 Å². The third kappa shape index (κ3) is 2.51. The van der Waals surface area contributed by atoms with Crippen LogP contribution in [0.15, 0.2) is 17.3 Å². The molecule has 0 spiro atoms. The summed E-state index contributed by atoms with van der Waals surface area (Å²) in [6, 6.07) is 1.45. The first-order chi connectivity index (χ1) is 8.04. The minimum atomic E-state index is -3.48. The van der Waals surface area contributed by atoms with Crippen molar-refractivity contribution in [2.45, 2.75) is 30.3 Å². The predicted molar refractivity (Wildman–Crippen MR) is 63.7 cm³/mol. The van der Waals surface area contributed by atoms with Gasteiger partial charge in [-0.2, -0.15) is 5.10 Å². The Morgan fingerprint density at radius 3 is 2.94 bits per heavy atom. The second-order valence-electron chi connectivity index (χ2n) is 4.45. The van der Waals surface area contributed by atoms with Crippen LogP contribution in [0, 0.1) is 5.92 Å². The Balaban J connectivity index is 2.16. The molecule has 3 N–H and O–H groups in total. The summed E-state index contributed by atoms with van der Waals surface area (Å²) in [5, 5.41) is 4.06. The highest BCUT2D eigenvalue weighted by Crippen LogP contribution is 2.26. The monoisotopic (exact) mass is 258 g/mol. The van der Waals surface area contributed by atoms with Crippen molar-refractivity contribution in [1.29, 1.82) is 0 Å². The van der Waals surface area contributed by atoms with Crippen LogP contribution < -0.4 is 10.5 Å². The maximum Gasteiger partial charge on any atom is 0.257 e. The Kier molecular flexibility index (Phi) is 3.50. The van der Waals surface area contributed by atoms with E-state index in [1.54, 1.807) is 7.05 Å². The molecule has 6 nitrogen and oxygen atoms in total. The van der Waals surface area contributed by atoms with Gasteiger partial charge < -0.3 is 5.73 Å². The van der Waals surface area contributed by atoms with Crippen molar-refractivity contribution in [1.82, 2.24) is 14.5 Å². The molecule has 96 valence electrons. The molecule has 0 aromatic carbocycles. The number of hydrogen-bond acceptors (Lipinski definition) is 4. The van der Waals surface area contributed by atoms with Crippen molar-refractivity contribution in [3.63, 3.8) is 0 Å². The van der Waals surface area contributed by atoms with Gasteiger partial charge in [-0.05, 0) is 31.4 Å². The minimum absolute atomic E-state index is 0.0418. The van der Waals surface area contributed by atoms with Crippen LogP contribution in [0.2, 0.25) is 0 Å². The highest BCUT2D eigenvalue weighted by atomic mass is 32.2. The molecule has 0 bridgehead atoms. The third-order valence-electron chi connectivity index (χ3n) is 3.32. The molecule has 0 radical (unpaired) electrons. The molecule has 1 aliphatic rings. The van der Waals surface area contributed by atoms with Crippen LogP contribution in [0.25, 0.3) is 0 Å². The zero-order valence-corrected chi connectivity index (χ0v) is 10.7. The van der Waals surface area contributed by atoms with E-state index in [1.807, 2.05) is 0 Å². The quantitative estimate of drug-likeness (QED) is 0.784. The Labute approximate surface area is 101 Å². The summed E-state index contributed by atoms with van der Waals surface area (Å²) < 4.78 is 28.3. The molecule has 0 saturated heterocycles. The van der Waals surface area contributed by atoms with Gasteiger partial charge in [0.05, 0.1) is 6.20 Å². The summed E-state index contributed by atoms with van der Waals surface area (Å²) in [5.74, 6) is 0.248. The Bertz CT molecular complexity index is 482. The Morgan fingerprint density at radius 2 is 2.35 bits per heavy atom. The van der Waals surface area contributed by atoms with E-state index in [1.165, 1.54) is 16.9 Å². The number of hydrogen-bond donors (Lipinski definition) is 2. The van der Waals surface area contributed by atoms with Gasteiger partial charge in [0, 0.05) is 13.1 Å². The smallest absolute Gasteiger partial charge is 0.257 e. The fraction of sp³-hybridized carbons (Fsp3) is 0.700. The summed E-state index contributed by atoms with van der Waals surface area (Å²) in [6.45, 7) is 0.526. The van der Waals surface area contributed by atoms with Crippen LogP contribution in [0.5, 0.6) is 0 Å². The predicted octanol–water partition coefficient (Wildman–Crippen LogP) is -0.174. The second kappa shape index (κ2) is 4.75. The van der Waals surface area contributed by atoms with Crippen molar-refractivity contribution < 1.29 is 8.42 Å². The van der Waals surface area contributed by atoms with Gasteiger partial charge >= 0.3 is 0 Å². The van der Waals surface area contributed by atoms with Gasteiger partial charge in [-0.15, -0.1) is 0 Å². The molecule has 1 fully saturated rings. The summed E-state index contributed by atoms with van der Waals surface area (Å²) in [6.07, 6.45) is 4.36. The summed E-state index contributed by atoms with van der Waals surface area (Å²) in [7, 11) is -1.86. The first-order valence-corrected chi connectivity index (χ1v) is 7.23. The van der Waals surface area contributed by atoms with Crippen LogP contribution in [-0.2, 0) is 17.1 Å². The maximum atomic E-state index is 12.1. The molecule has 7 heteroatoms. The van der Waals surface area contributed by atoms with Crippen molar-refractivity contribution in [3.05, 3.63) is 12.3 Å². The fourth-order valence-corrected chi connectivity index (χ4v) is 3.82. The van der Waals surface area contributed by atoms with Gasteiger partial charge in [0.2, 0.25) is 0 Å². The third-order valence-corrected chi connectivity index (χ3v) is 4.88. The number of nitrogens with two attached hydrogens (primary N) is 1. The summed E-state index contributed by atoms with van der Waals surface area (Å²) in [5.41, 5.74) is 5.64. The molecule has 1 aromatic rings. The molecule has 1 heterocycles. The zero-order chi connectivity index (χ0) is 12.5. The molecule has 1 aliphatic carbocycles. The molecule has 0 aliphatic heterocycles. The highest BCUT2D eigenvalue weighted by molar-refractivity contribution is 7.89. The lowest BCUT2D eigenvalue weighted by atomic mass is 10.1. The van der Waals surface area contributed by atoms with Crippen molar-refractivity contribution in [3.8, 4) is 0 Å². The first kappa shape index (κ1) is 12.5. The average Bonchev–Trinajstić information content (AvgIpc) is 2.86. The molecule has 2 unspecified atom stereocenters. The number of nitrogens with one attached hydrogen (secondary N) is 1. The molecule has 1 aromatic heterocycles.